The molecule has 7 rings (SSSR count). The zero-order valence-electron chi connectivity index (χ0n) is 30.0. The van der Waals surface area contributed by atoms with E-state index in [2.05, 4.69) is 0 Å². The van der Waals surface area contributed by atoms with Gasteiger partial charge >= 0.3 is 23.9 Å². The zero-order valence-corrected chi connectivity index (χ0v) is 30.0. The van der Waals surface area contributed by atoms with Gasteiger partial charge in [0, 0.05) is 12.7 Å². The Hall–Kier alpha value is -5.07. The lowest BCUT2D eigenvalue weighted by molar-refractivity contribution is -0.383. The van der Waals surface area contributed by atoms with Crippen molar-refractivity contribution in [3.63, 3.8) is 0 Å². The molecule has 0 bridgehead atoms. The van der Waals surface area contributed by atoms with Gasteiger partial charge in [0.1, 0.15) is 37.1 Å². The number of fused-ring (bicyclic) bond motifs is 1. The second-order valence-corrected chi connectivity index (χ2v) is 13.2. The second-order valence-electron chi connectivity index (χ2n) is 13.2. The molecule has 4 aromatic rings. The molecule has 3 aliphatic heterocycles. The minimum absolute atomic E-state index is 0.178. The fourth-order valence-corrected chi connectivity index (χ4v) is 6.59. The van der Waals surface area contributed by atoms with Crippen LogP contribution in [0.2, 0.25) is 0 Å². The molecule has 0 saturated carbocycles. The van der Waals surface area contributed by atoms with Crippen LogP contribution in [0.3, 0.4) is 0 Å². The van der Waals surface area contributed by atoms with Gasteiger partial charge in [-0.05, 0) is 36.4 Å². The zero-order chi connectivity index (χ0) is 39.2. The minimum atomic E-state index is -2.15. The predicted molar refractivity (Wildman–Crippen MR) is 190 cm³/mol. The highest BCUT2D eigenvalue weighted by Crippen LogP contribution is 2.45. The van der Waals surface area contributed by atoms with Gasteiger partial charge in [-0.15, -0.1) is 0 Å². The third-order valence-corrected chi connectivity index (χ3v) is 9.51. The molecule has 0 amide bonds. The van der Waals surface area contributed by atoms with E-state index < -0.39 is 98.5 Å². The van der Waals surface area contributed by atoms with Crippen LogP contribution in [0.5, 0.6) is 0 Å². The standard InChI is InChI=1S/C41H40O15/c1-48-39-32(44)31(43)30(42)28(51-39)23-50-41(27-20-12-5-13-21-27)55-35-34(54-38(47)26-18-10-4-11-19-26)33(53-37(46)25-16-8-3-9-17-25)29(52-40(35)56-41)22-49-36(45)24-14-6-2-7-15-24/h2-21,28-35,39-40,42-44H,22-23H2,1H3/t28-,29-,30+,31+,32-,33-,34+,35-,39-,40-,41?/m1/s1. The number of esters is 3. The summed E-state index contributed by atoms with van der Waals surface area (Å²) in [6.07, 6.45) is -14.3. The van der Waals surface area contributed by atoms with Crippen molar-refractivity contribution in [3.05, 3.63) is 144 Å². The highest BCUT2D eigenvalue weighted by atomic mass is 16.9. The molecule has 0 aromatic heterocycles. The van der Waals surface area contributed by atoms with Crippen molar-refractivity contribution < 1.29 is 72.3 Å². The van der Waals surface area contributed by atoms with Gasteiger partial charge in [0.05, 0.1) is 23.3 Å². The van der Waals surface area contributed by atoms with Crippen LogP contribution < -0.4 is 0 Å². The average molecular weight is 773 g/mol. The molecule has 3 aliphatic rings. The van der Waals surface area contributed by atoms with Crippen LogP contribution in [0.1, 0.15) is 36.6 Å². The van der Waals surface area contributed by atoms with E-state index in [-0.39, 0.29) is 16.7 Å². The van der Waals surface area contributed by atoms with Crippen molar-refractivity contribution in [2.75, 3.05) is 20.3 Å². The van der Waals surface area contributed by atoms with Gasteiger partial charge in [-0.2, -0.15) is 0 Å². The number of carbonyl (C=O) groups excluding carboxylic acids is 3. The quantitative estimate of drug-likeness (QED) is 0.140. The average Bonchev–Trinajstić information content (AvgIpc) is 3.63. The van der Waals surface area contributed by atoms with Crippen LogP contribution in [0.15, 0.2) is 121 Å². The first-order valence-electron chi connectivity index (χ1n) is 17.8. The van der Waals surface area contributed by atoms with Gasteiger partial charge in [-0.1, -0.05) is 84.9 Å². The number of hydrogen-bond acceptors (Lipinski definition) is 15. The van der Waals surface area contributed by atoms with Crippen molar-refractivity contribution in [2.24, 2.45) is 0 Å². The highest BCUT2D eigenvalue weighted by Gasteiger charge is 2.62. The van der Waals surface area contributed by atoms with Crippen molar-refractivity contribution in [2.45, 2.75) is 67.4 Å². The second kappa shape index (κ2) is 17.4. The first kappa shape index (κ1) is 39.2. The Morgan fingerprint density at radius 3 is 1.66 bits per heavy atom. The third kappa shape index (κ3) is 8.36. The van der Waals surface area contributed by atoms with Gasteiger partial charge in [-0.25, -0.2) is 14.4 Å². The molecule has 4 aromatic carbocycles. The van der Waals surface area contributed by atoms with E-state index >= 15 is 0 Å². The van der Waals surface area contributed by atoms with Crippen molar-refractivity contribution >= 4 is 17.9 Å². The van der Waals surface area contributed by atoms with E-state index in [1.165, 1.54) is 7.11 Å². The number of aliphatic hydroxyl groups excluding tert-OH is 3. The number of rotatable bonds is 12. The molecule has 3 fully saturated rings. The van der Waals surface area contributed by atoms with E-state index in [1.54, 1.807) is 121 Å². The molecule has 0 radical (unpaired) electrons. The Bertz CT molecular complexity index is 1910. The fraction of sp³-hybridized carbons (Fsp3) is 0.341. The van der Waals surface area contributed by atoms with Crippen molar-refractivity contribution in [1.29, 1.82) is 0 Å². The molecule has 1 unspecified atom stereocenters. The molecule has 3 heterocycles. The Morgan fingerprint density at radius 1 is 0.589 bits per heavy atom. The van der Waals surface area contributed by atoms with Crippen LogP contribution in [0.4, 0.5) is 0 Å². The first-order chi connectivity index (χ1) is 27.2. The Balaban J connectivity index is 1.24. The summed E-state index contributed by atoms with van der Waals surface area (Å²) in [4.78, 5) is 40.5. The van der Waals surface area contributed by atoms with E-state index in [1.807, 2.05) is 0 Å². The number of hydrogen-bond donors (Lipinski definition) is 3. The smallest absolute Gasteiger partial charge is 0.338 e. The summed E-state index contributed by atoms with van der Waals surface area (Å²) in [5.41, 5.74) is 0.909. The highest BCUT2D eigenvalue weighted by molar-refractivity contribution is 5.91. The van der Waals surface area contributed by atoms with Gasteiger partial charge < -0.3 is 53.2 Å². The van der Waals surface area contributed by atoms with Crippen LogP contribution in [-0.4, -0.2) is 115 Å². The summed E-state index contributed by atoms with van der Waals surface area (Å²) in [6, 6.07) is 32.8. The van der Waals surface area contributed by atoms with Crippen molar-refractivity contribution in [3.8, 4) is 0 Å². The molecule has 15 heteroatoms. The largest absolute Gasteiger partial charge is 0.459 e. The van der Waals surface area contributed by atoms with E-state index in [9.17, 15) is 29.7 Å². The molecule has 56 heavy (non-hydrogen) atoms. The summed E-state index contributed by atoms with van der Waals surface area (Å²) in [7, 11) is 1.26. The summed E-state index contributed by atoms with van der Waals surface area (Å²) in [5.74, 6) is -4.43. The molecule has 15 nitrogen and oxygen atoms in total. The number of methoxy groups -OCH3 is 1. The topological polar surface area (TPSA) is 195 Å². The van der Waals surface area contributed by atoms with E-state index in [4.69, 9.17) is 42.6 Å². The van der Waals surface area contributed by atoms with Gasteiger partial charge in [0.15, 0.2) is 30.9 Å². The third-order valence-electron chi connectivity index (χ3n) is 9.51. The lowest BCUT2D eigenvalue weighted by Crippen LogP contribution is -2.60. The summed E-state index contributed by atoms with van der Waals surface area (Å²) >= 11 is 0. The Labute approximate surface area is 321 Å². The molecule has 0 spiro atoms. The van der Waals surface area contributed by atoms with Crippen LogP contribution in [0.25, 0.3) is 0 Å². The number of aliphatic hydroxyl groups is 3. The summed E-state index contributed by atoms with van der Waals surface area (Å²) in [6.45, 7) is -0.968. The van der Waals surface area contributed by atoms with Gasteiger partial charge in [0.25, 0.3) is 0 Å². The number of carbonyl (C=O) groups is 3. The molecule has 294 valence electrons. The number of benzene rings is 4. The maximum atomic E-state index is 13.8. The Kier molecular flexibility index (Phi) is 12.2. The normalized spacial score (nSPS) is 31.1. The predicted octanol–water partition coefficient (Wildman–Crippen LogP) is 2.72. The van der Waals surface area contributed by atoms with E-state index in [0.29, 0.717) is 5.56 Å². The first-order valence-corrected chi connectivity index (χ1v) is 17.8. The molecular formula is C41H40O15. The SMILES string of the molecule is CO[C@@H]1O[C@H](COC2(c3ccccc3)O[C@H]3O[C@H](COC(=O)c4ccccc4)[C@@H](OC(=O)c4ccccc4)[C@H](OC(=O)c4ccccc4)[C@H]3O2)[C@H](O)[C@H](O)[C@H]1O. The summed E-state index contributed by atoms with van der Waals surface area (Å²) < 4.78 is 54.3. The van der Waals surface area contributed by atoms with Gasteiger partial charge in [-0.3, -0.25) is 4.74 Å². The lowest BCUT2D eigenvalue weighted by Gasteiger charge is -2.41. The van der Waals surface area contributed by atoms with Crippen LogP contribution >= 0.6 is 0 Å². The van der Waals surface area contributed by atoms with Gasteiger partial charge in [0.2, 0.25) is 0 Å². The summed E-state index contributed by atoms with van der Waals surface area (Å²) in [5, 5.41) is 31.6. The monoisotopic (exact) mass is 772 g/mol. The number of ether oxygens (including phenoxy) is 9. The Morgan fingerprint density at radius 2 is 1.11 bits per heavy atom. The molecule has 0 aliphatic carbocycles. The van der Waals surface area contributed by atoms with Crippen LogP contribution in [-0.2, 0) is 48.6 Å². The van der Waals surface area contributed by atoms with Crippen LogP contribution in [0, 0.1) is 0 Å². The minimum Gasteiger partial charge on any atom is -0.459 e. The maximum absolute atomic E-state index is 13.8. The fourth-order valence-electron chi connectivity index (χ4n) is 6.59. The molecule has 3 saturated heterocycles. The maximum Gasteiger partial charge on any atom is 0.338 e. The lowest BCUT2D eigenvalue weighted by atomic mass is 9.98. The molecular weight excluding hydrogens is 732 g/mol. The van der Waals surface area contributed by atoms with E-state index in [0.717, 1.165) is 0 Å². The molecule has 11 atom stereocenters. The molecule has 3 N–H and O–H groups in total. The van der Waals surface area contributed by atoms with Crippen molar-refractivity contribution in [1.82, 2.24) is 0 Å².